The van der Waals surface area contributed by atoms with Crippen LogP contribution in [0.25, 0.3) is 11.1 Å². The fourth-order valence-corrected chi connectivity index (χ4v) is 2.09. The molecule has 1 aromatic heterocycles. The van der Waals surface area contributed by atoms with Crippen LogP contribution in [0.3, 0.4) is 0 Å². The minimum absolute atomic E-state index is 0.420. The maximum Gasteiger partial charge on any atom is 0.415 e. The molecule has 5 heteroatoms. The Morgan fingerprint density at radius 2 is 1.68 bits per heavy atom. The number of carbonyl (C=O) groups is 1. The summed E-state index contributed by atoms with van der Waals surface area (Å²) in [5.41, 5.74) is 1.54. The van der Waals surface area contributed by atoms with Crippen molar-refractivity contribution in [2.24, 2.45) is 0 Å². The quantitative estimate of drug-likeness (QED) is 0.764. The first-order valence-corrected chi connectivity index (χ1v) is 7.74. The normalized spacial score (nSPS) is 11.1. The van der Waals surface area contributed by atoms with Gasteiger partial charge in [-0.2, -0.15) is 0 Å². The number of halogens is 1. The summed E-state index contributed by atoms with van der Waals surface area (Å²) in [5.74, 6) is 0.551. The van der Waals surface area contributed by atoms with Crippen LogP contribution in [-0.4, -0.2) is 23.7 Å². The van der Waals surface area contributed by atoms with Gasteiger partial charge in [0.2, 0.25) is 0 Å². The van der Waals surface area contributed by atoms with Crippen LogP contribution in [0.1, 0.15) is 20.8 Å². The number of nitrogens with zero attached hydrogens (tertiary/aromatic N) is 2. The molecule has 0 spiro atoms. The minimum Gasteiger partial charge on any atom is -0.443 e. The van der Waals surface area contributed by atoms with Gasteiger partial charge in [-0.3, -0.25) is 4.90 Å². The van der Waals surface area contributed by atoms with E-state index in [1.807, 2.05) is 51.1 Å². The number of benzene rings is 1. The van der Waals surface area contributed by atoms with E-state index in [9.17, 15) is 4.79 Å². The number of amides is 1. The van der Waals surface area contributed by atoms with E-state index in [4.69, 9.17) is 4.74 Å². The van der Waals surface area contributed by atoms with Crippen LogP contribution < -0.4 is 4.90 Å². The Morgan fingerprint density at radius 3 is 2.18 bits per heavy atom. The monoisotopic (exact) mass is 362 g/mol. The molecule has 0 unspecified atom stereocenters. The molecule has 22 heavy (non-hydrogen) atoms. The Kier molecular flexibility index (Phi) is 4.86. The second kappa shape index (κ2) is 6.48. The fraction of sp³-hybridized carbons (Fsp3) is 0.294. The number of ether oxygens (including phenoxy) is 1. The molecule has 2 rings (SSSR count). The van der Waals surface area contributed by atoms with E-state index in [1.54, 1.807) is 19.3 Å². The molecule has 1 aromatic carbocycles. The van der Waals surface area contributed by atoms with Gasteiger partial charge in [0, 0.05) is 23.3 Å². The van der Waals surface area contributed by atoms with Gasteiger partial charge in [0.1, 0.15) is 11.4 Å². The standard InChI is InChI=1S/C17H19BrN2O2/c1-17(2,3)22-16(21)20(4)15-10-7-13(11-19-15)12-5-8-14(18)9-6-12/h5-11H,1-4H3. The minimum atomic E-state index is -0.525. The summed E-state index contributed by atoms with van der Waals surface area (Å²) in [4.78, 5) is 17.8. The average Bonchev–Trinajstić information content (AvgIpc) is 2.46. The average molecular weight is 363 g/mol. The molecule has 0 saturated carbocycles. The van der Waals surface area contributed by atoms with E-state index in [1.165, 1.54) is 4.90 Å². The van der Waals surface area contributed by atoms with Crippen LogP contribution >= 0.6 is 15.9 Å². The Morgan fingerprint density at radius 1 is 1.09 bits per heavy atom. The second-order valence-corrected chi connectivity index (χ2v) is 6.87. The molecule has 0 aliphatic rings. The predicted octanol–water partition coefficient (Wildman–Crippen LogP) is 4.88. The summed E-state index contributed by atoms with van der Waals surface area (Å²) >= 11 is 3.41. The van der Waals surface area contributed by atoms with E-state index in [0.29, 0.717) is 5.82 Å². The van der Waals surface area contributed by atoms with E-state index in [-0.39, 0.29) is 0 Å². The molecule has 0 saturated heterocycles. The van der Waals surface area contributed by atoms with Crippen LogP contribution in [0.15, 0.2) is 47.1 Å². The van der Waals surface area contributed by atoms with Crippen LogP contribution in [0.4, 0.5) is 10.6 Å². The van der Waals surface area contributed by atoms with Gasteiger partial charge in [-0.15, -0.1) is 0 Å². The van der Waals surface area contributed by atoms with Gasteiger partial charge in [-0.05, 0) is 50.6 Å². The van der Waals surface area contributed by atoms with Gasteiger partial charge >= 0.3 is 6.09 Å². The summed E-state index contributed by atoms with van der Waals surface area (Å²) in [5, 5.41) is 0. The molecule has 116 valence electrons. The number of rotatable bonds is 2. The van der Waals surface area contributed by atoms with Crippen LogP contribution in [0.2, 0.25) is 0 Å². The summed E-state index contributed by atoms with van der Waals surface area (Å²) in [6, 6.07) is 11.7. The lowest BCUT2D eigenvalue weighted by molar-refractivity contribution is 0.0588. The third-order valence-corrected chi connectivity index (χ3v) is 3.47. The van der Waals surface area contributed by atoms with Crippen LogP contribution in [-0.2, 0) is 4.74 Å². The predicted molar refractivity (Wildman–Crippen MR) is 92.0 cm³/mol. The van der Waals surface area contributed by atoms with E-state index in [0.717, 1.165) is 15.6 Å². The zero-order chi connectivity index (χ0) is 16.3. The molecule has 1 amide bonds. The zero-order valence-electron chi connectivity index (χ0n) is 13.1. The summed E-state index contributed by atoms with van der Waals surface area (Å²) in [6.07, 6.45) is 1.33. The molecule has 0 aliphatic heterocycles. The summed E-state index contributed by atoms with van der Waals surface area (Å²) in [7, 11) is 1.65. The Bertz CT molecular complexity index is 646. The van der Waals surface area contributed by atoms with Crippen molar-refractivity contribution in [1.82, 2.24) is 4.98 Å². The molecule has 0 atom stereocenters. The summed E-state index contributed by atoms with van der Waals surface area (Å²) < 4.78 is 6.36. The Balaban J connectivity index is 2.14. The molecule has 0 aliphatic carbocycles. The highest BCUT2D eigenvalue weighted by molar-refractivity contribution is 9.10. The molecule has 0 fully saturated rings. The number of hydrogen-bond donors (Lipinski definition) is 0. The van der Waals surface area contributed by atoms with E-state index < -0.39 is 11.7 Å². The van der Waals surface area contributed by atoms with Crippen molar-refractivity contribution < 1.29 is 9.53 Å². The van der Waals surface area contributed by atoms with E-state index in [2.05, 4.69) is 20.9 Å². The van der Waals surface area contributed by atoms with Crippen molar-refractivity contribution >= 4 is 27.8 Å². The van der Waals surface area contributed by atoms with Gasteiger partial charge < -0.3 is 4.74 Å². The highest BCUT2D eigenvalue weighted by atomic mass is 79.9. The van der Waals surface area contributed by atoms with Gasteiger partial charge in [0.25, 0.3) is 0 Å². The van der Waals surface area contributed by atoms with Gasteiger partial charge in [0.05, 0.1) is 0 Å². The lowest BCUT2D eigenvalue weighted by atomic mass is 10.1. The smallest absolute Gasteiger partial charge is 0.415 e. The number of pyridine rings is 1. The highest BCUT2D eigenvalue weighted by Gasteiger charge is 2.21. The van der Waals surface area contributed by atoms with Crippen molar-refractivity contribution in [2.45, 2.75) is 26.4 Å². The number of hydrogen-bond acceptors (Lipinski definition) is 3. The van der Waals surface area contributed by atoms with Crippen molar-refractivity contribution in [3.05, 3.63) is 47.1 Å². The van der Waals surface area contributed by atoms with Crippen molar-refractivity contribution in [3.8, 4) is 11.1 Å². The van der Waals surface area contributed by atoms with Crippen LogP contribution in [0.5, 0.6) is 0 Å². The van der Waals surface area contributed by atoms with Gasteiger partial charge in [-0.25, -0.2) is 9.78 Å². The van der Waals surface area contributed by atoms with Crippen molar-refractivity contribution in [1.29, 1.82) is 0 Å². The first-order valence-electron chi connectivity index (χ1n) is 6.95. The van der Waals surface area contributed by atoms with Crippen molar-refractivity contribution in [2.75, 3.05) is 11.9 Å². The molecule has 4 nitrogen and oxygen atoms in total. The Labute approximate surface area is 139 Å². The van der Waals surface area contributed by atoms with E-state index >= 15 is 0 Å². The fourth-order valence-electron chi connectivity index (χ4n) is 1.82. The van der Waals surface area contributed by atoms with Crippen molar-refractivity contribution in [3.63, 3.8) is 0 Å². The first kappa shape index (κ1) is 16.5. The molecule has 2 aromatic rings. The largest absolute Gasteiger partial charge is 0.443 e. The highest BCUT2D eigenvalue weighted by Crippen LogP contribution is 2.23. The van der Waals surface area contributed by atoms with Gasteiger partial charge in [0.15, 0.2) is 0 Å². The maximum absolute atomic E-state index is 12.0. The SMILES string of the molecule is CN(C(=O)OC(C)(C)C)c1ccc(-c2ccc(Br)cc2)cn1. The molecule has 0 bridgehead atoms. The Hall–Kier alpha value is -1.88. The molecule has 1 heterocycles. The number of carbonyl (C=O) groups excluding carboxylic acids is 1. The lowest BCUT2D eigenvalue weighted by Gasteiger charge is -2.24. The molecular weight excluding hydrogens is 344 g/mol. The lowest BCUT2D eigenvalue weighted by Crippen LogP contribution is -2.34. The maximum atomic E-state index is 12.0. The summed E-state index contributed by atoms with van der Waals surface area (Å²) in [6.45, 7) is 5.51. The third kappa shape index (κ3) is 4.31. The third-order valence-electron chi connectivity index (χ3n) is 2.94. The second-order valence-electron chi connectivity index (χ2n) is 5.95. The molecule has 0 radical (unpaired) electrons. The van der Waals surface area contributed by atoms with Gasteiger partial charge in [-0.1, -0.05) is 28.1 Å². The number of anilines is 1. The number of aromatic nitrogens is 1. The molecule has 0 N–H and O–H groups in total. The topological polar surface area (TPSA) is 42.4 Å². The zero-order valence-corrected chi connectivity index (χ0v) is 14.7. The van der Waals surface area contributed by atoms with Crippen LogP contribution in [0, 0.1) is 0 Å². The first-order chi connectivity index (χ1) is 10.3. The molecular formula is C17H19BrN2O2.